The molecule has 1 aliphatic heterocycles. The summed E-state index contributed by atoms with van der Waals surface area (Å²) in [5.41, 5.74) is -0.200. The summed E-state index contributed by atoms with van der Waals surface area (Å²) in [6.07, 6.45) is 2.24. The van der Waals surface area contributed by atoms with Crippen LogP contribution in [0.4, 0.5) is 0 Å². The Morgan fingerprint density at radius 1 is 1.69 bits per heavy atom. The van der Waals surface area contributed by atoms with Crippen LogP contribution >= 0.6 is 11.8 Å². The van der Waals surface area contributed by atoms with Crippen LogP contribution in [-0.2, 0) is 9.53 Å². The zero-order valence-electron chi connectivity index (χ0n) is 8.64. The van der Waals surface area contributed by atoms with Crippen LogP contribution in [0.15, 0.2) is 22.2 Å². The molecule has 0 radical (unpaired) electrons. The van der Waals surface area contributed by atoms with E-state index in [9.17, 15) is 9.59 Å². The topological polar surface area (TPSA) is 72.0 Å². The molecule has 1 unspecified atom stereocenters. The molecule has 0 aromatic carbocycles. The van der Waals surface area contributed by atoms with Gasteiger partial charge < -0.3 is 9.72 Å². The van der Waals surface area contributed by atoms with Crippen molar-refractivity contribution in [3.63, 3.8) is 0 Å². The van der Waals surface area contributed by atoms with Gasteiger partial charge in [0, 0.05) is 24.8 Å². The van der Waals surface area contributed by atoms with Crippen LogP contribution in [-0.4, -0.2) is 34.7 Å². The molecule has 2 heterocycles. The number of H-pyrrole nitrogens is 1. The fourth-order valence-electron chi connectivity index (χ4n) is 1.47. The second-order valence-electron chi connectivity index (χ2n) is 3.55. The smallest absolute Gasteiger partial charge is 0.251 e. The first-order valence-electron chi connectivity index (χ1n) is 5.04. The molecule has 0 saturated carbocycles. The quantitative estimate of drug-likeness (QED) is 0.611. The van der Waals surface area contributed by atoms with E-state index >= 15 is 0 Å². The van der Waals surface area contributed by atoms with Gasteiger partial charge in [0.2, 0.25) is 0 Å². The number of aromatic nitrogens is 2. The molecule has 1 aromatic rings. The Balaban J connectivity index is 1.87. The number of carbonyl (C=O) groups excluding carboxylic acids is 1. The van der Waals surface area contributed by atoms with Crippen molar-refractivity contribution in [2.45, 2.75) is 11.6 Å². The summed E-state index contributed by atoms with van der Waals surface area (Å²) < 4.78 is 5.15. The van der Waals surface area contributed by atoms with E-state index in [1.165, 1.54) is 24.0 Å². The molecule has 1 atom stereocenters. The van der Waals surface area contributed by atoms with Crippen molar-refractivity contribution in [2.24, 2.45) is 5.92 Å². The average Bonchev–Trinajstić information content (AvgIpc) is 2.79. The van der Waals surface area contributed by atoms with E-state index in [-0.39, 0.29) is 17.3 Å². The standard InChI is InChI=1S/C10H12N2O3S/c13-8(7-2-4-15-5-7)6-16-10-11-3-1-9(14)12-10/h1,3,7H,2,4-6H2,(H,11,12,14). The summed E-state index contributed by atoms with van der Waals surface area (Å²) in [6.45, 7) is 1.19. The highest BCUT2D eigenvalue weighted by Crippen LogP contribution is 2.18. The Kier molecular flexibility index (Phi) is 3.74. The fraction of sp³-hybridized carbons (Fsp3) is 0.500. The molecule has 1 saturated heterocycles. The number of nitrogens with zero attached hydrogens (tertiary/aromatic N) is 1. The van der Waals surface area contributed by atoms with Crippen molar-refractivity contribution in [3.8, 4) is 0 Å². The maximum Gasteiger partial charge on any atom is 0.251 e. The number of hydrogen-bond donors (Lipinski definition) is 1. The molecule has 1 aromatic heterocycles. The summed E-state index contributed by atoms with van der Waals surface area (Å²) in [5.74, 6) is 0.512. The first-order chi connectivity index (χ1) is 7.75. The van der Waals surface area contributed by atoms with Gasteiger partial charge in [-0.1, -0.05) is 11.8 Å². The van der Waals surface area contributed by atoms with Gasteiger partial charge in [0.05, 0.1) is 12.4 Å². The molecule has 0 spiro atoms. The fourth-order valence-corrected chi connectivity index (χ4v) is 2.29. The number of aromatic amines is 1. The Morgan fingerprint density at radius 3 is 3.25 bits per heavy atom. The largest absolute Gasteiger partial charge is 0.381 e. The molecule has 0 amide bonds. The molecular weight excluding hydrogens is 228 g/mol. The number of hydrogen-bond acceptors (Lipinski definition) is 5. The minimum atomic E-state index is -0.200. The van der Waals surface area contributed by atoms with Gasteiger partial charge in [-0.25, -0.2) is 4.98 Å². The second kappa shape index (κ2) is 5.27. The minimum Gasteiger partial charge on any atom is -0.381 e. The maximum atomic E-state index is 11.7. The van der Waals surface area contributed by atoms with Gasteiger partial charge in [-0.3, -0.25) is 9.59 Å². The van der Waals surface area contributed by atoms with Gasteiger partial charge in [0.15, 0.2) is 5.16 Å². The van der Waals surface area contributed by atoms with Crippen molar-refractivity contribution in [3.05, 3.63) is 22.6 Å². The molecule has 2 rings (SSSR count). The lowest BCUT2D eigenvalue weighted by molar-refractivity contribution is -0.120. The SMILES string of the molecule is O=C(CSc1nccc(=O)[nH]1)C1CCOC1. The normalized spacial score (nSPS) is 19.9. The predicted octanol–water partition coefficient (Wildman–Crippen LogP) is 0.468. The Hall–Kier alpha value is -1.14. The third kappa shape index (κ3) is 2.93. The van der Waals surface area contributed by atoms with E-state index in [1.54, 1.807) is 0 Å². The van der Waals surface area contributed by atoms with Crippen LogP contribution in [0.5, 0.6) is 0 Å². The lowest BCUT2D eigenvalue weighted by Gasteiger charge is -2.04. The lowest BCUT2D eigenvalue weighted by Crippen LogP contribution is -2.17. The van der Waals surface area contributed by atoms with Crippen molar-refractivity contribution in [1.29, 1.82) is 0 Å². The Labute approximate surface area is 96.6 Å². The molecule has 0 aliphatic carbocycles. The summed E-state index contributed by atoms with van der Waals surface area (Å²) in [6, 6.07) is 1.34. The molecular formula is C10H12N2O3S. The number of ketones is 1. The van der Waals surface area contributed by atoms with Crippen molar-refractivity contribution >= 4 is 17.5 Å². The summed E-state index contributed by atoms with van der Waals surface area (Å²) in [5, 5.41) is 0.486. The van der Waals surface area contributed by atoms with Crippen LogP contribution in [0.2, 0.25) is 0 Å². The van der Waals surface area contributed by atoms with Crippen molar-refractivity contribution in [2.75, 3.05) is 19.0 Å². The minimum absolute atomic E-state index is 0.0166. The molecule has 86 valence electrons. The lowest BCUT2D eigenvalue weighted by atomic mass is 10.1. The van der Waals surface area contributed by atoms with Gasteiger partial charge in [-0.05, 0) is 6.42 Å². The number of ether oxygens (including phenoxy) is 1. The summed E-state index contributed by atoms with van der Waals surface area (Å²) in [4.78, 5) is 29.2. The van der Waals surface area contributed by atoms with Crippen LogP contribution < -0.4 is 5.56 Å². The van der Waals surface area contributed by atoms with Gasteiger partial charge in [0.1, 0.15) is 5.78 Å². The van der Waals surface area contributed by atoms with E-state index in [2.05, 4.69) is 9.97 Å². The number of nitrogens with one attached hydrogen (secondary N) is 1. The number of carbonyl (C=O) groups is 1. The molecule has 0 bridgehead atoms. The van der Waals surface area contributed by atoms with E-state index in [0.717, 1.165) is 6.42 Å². The van der Waals surface area contributed by atoms with Crippen LogP contribution in [0.1, 0.15) is 6.42 Å². The third-order valence-corrected chi connectivity index (χ3v) is 3.29. The predicted molar refractivity (Wildman–Crippen MR) is 59.5 cm³/mol. The van der Waals surface area contributed by atoms with Crippen molar-refractivity contribution in [1.82, 2.24) is 9.97 Å². The highest BCUT2D eigenvalue weighted by Gasteiger charge is 2.23. The summed E-state index contributed by atoms with van der Waals surface area (Å²) in [7, 11) is 0. The van der Waals surface area contributed by atoms with Crippen LogP contribution in [0.25, 0.3) is 0 Å². The monoisotopic (exact) mass is 240 g/mol. The molecule has 5 nitrogen and oxygen atoms in total. The highest BCUT2D eigenvalue weighted by molar-refractivity contribution is 7.99. The molecule has 1 fully saturated rings. The van der Waals surface area contributed by atoms with Crippen LogP contribution in [0, 0.1) is 5.92 Å². The van der Waals surface area contributed by atoms with E-state index in [1.807, 2.05) is 0 Å². The first kappa shape index (κ1) is 11.3. The van der Waals surface area contributed by atoms with E-state index in [4.69, 9.17) is 4.74 Å². The van der Waals surface area contributed by atoms with Gasteiger partial charge in [-0.15, -0.1) is 0 Å². The Morgan fingerprint density at radius 2 is 2.56 bits per heavy atom. The molecule has 16 heavy (non-hydrogen) atoms. The van der Waals surface area contributed by atoms with E-state index < -0.39 is 0 Å². The first-order valence-corrected chi connectivity index (χ1v) is 6.03. The molecule has 6 heteroatoms. The van der Waals surface area contributed by atoms with Gasteiger partial charge in [-0.2, -0.15) is 0 Å². The van der Waals surface area contributed by atoms with Gasteiger partial charge >= 0.3 is 0 Å². The average molecular weight is 240 g/mol. The number of Topliss-reactive ketones (excluding diaryl/α,β-unsaturated/α-hetero) is 1. The molecule has 1 N–H and O–H groups in total. The second-order valence-corrected chi connectivity index (χ2v) is 4.52. The van der Waals surface area contributed by atoms with E-state index in [0.29, 0.717) is 24.1 Å². The number of thioether (sulfide) groups is 1. The Bertz CT molecular complexity index is 426. The zero-order chi connectivity index (χ0) is 11.4. The van der Waals surface area contributed by atoms with Crippen molar-refractivity contribution < 1.29 is 9.53 Å². The van der Waals surface area contributed by atoms with Crippen LogP contribution in [0.3, 0.4) is 0 Å². The maximum absolute atomic E-state index is 11.7. The van der Waals surface area contributed by atoms with Gasteiger partial charge in [0.25, 0.3) is 5.56 Å². The third-order valence-electron chi connectivity index (χ3n) is 2.38. The number of rotatable bonds is 4. The summed E-state index contributed by atoms with van der Waals surface area (Å²) >= 11 is 1.26. The highest BCUT2D eigenvalue weighted by atomic mass is 32.2. The zero-order valence-corrected chi connectivity index (χ0v) is 9.46. The molecule has 1 aliphatic rings.